The molecule has 2 atom stereocenters. The average molecular weight is 364 g/mol. The Labute approximate surface area is 133 Å². The Kier molecular flexibility index (Phi) is 6.00. The van der Waals surface area contributed by atoms with Gasteiger partial charge in [0.1, 0.15) is 6.10 Å². The summed E-state index contributed by atoms with van der Waals surface area (Å²) >= 11 is 9.57. The van der Waals surface area contributed by atoms with Crippen LogP contribution < -0.4 is 9.47 Å². The molecule has 0 radical (unpaired) electrons. The molecule has 0 heterocycles. The van der Waals surface area contributed by atoms with Crippen LogP contribution in [0.15, 0.2) is 12.1 Å². The van der Waals surface area contributed by atoms with Gasteiger partial charge in [-0.3, -0.25) is 0 Å². The molecule has 0 bridgehead atoms. The van der Waals surface area contributed by atoms with Gasteiger partial charge in [-0.15, -0.1) is 0 Å². The summed E-state index contributed by atoms with van der Waals surface area (Å²) in [6.45, 7) is 0. The summed E-state index contributed by atoms with van der Waals surface area (Å²) in [4.78, 5) is 0. The second-order valence-electron chi connectivity index (χ2n) is 4.99. The lowest BCUT2D eigenvalue weighted by atomic mass is 9.95. The molecule has 0 N–H and O–H groups in total. The minimum Gasteiger partial charge on any atom is -0.493 e. The largest absolute Gasteiger partial charge is 0.493 e. The lowest BCUT2D eigenvalue weighted by Gasteiger charge is -2.29. The zero-order valence-electron chi connectivity index (χ0n) is 11.8. The monoisotopic (exact) mass is 362 g/mol. The van der Waals surface area contributed by atoms with Crippen molar-refractivity contribution in [3.05, 3.63) is 22.7 Å². The highest BCUT2D eigenvalue weighted by atomic mass is 79.9. The number of hydrogen-bond acceptors (Lipinski definition) is 3. The average Bonchev–Trinajstić information content (AvgIpc) is 2.48. The zero-order chi connectivity index (χ0) is 14.5. The maximum atomic E-state index is 6.19. The minimum atomic E-state index is 0.168. The second-order valence-corrected chi connectivity index (χ2v) is 5.99. The maximum absolute atomic E-state index is 6.19. The summed E-state index contributed by atoms with van der Waals surface area (Å²) in [6, 6.07) is 3.70. The lowest BCUT2D eigenvalue weighted by Crippen LogP contribution is -2.29. The SMILES string of the molecule is COc1cc(Cl)cc(CBr)c1OC1CCCC(OC)C1. The highest BCUT2D eigenvalue weighted by molar-refractivity contribution is 9.08. The van der Waals surface area contributed by atoms with Crippen LogP contribution in [-0.2, 0) is 10.1 Å². The van der Waals surface area contributed by atoms with Crippen molar-refractivity contribution in [2.24, 2.45) is 0 Å². The molecule has 1 aliphatic rings. The van der Waals surface area contributed by atoms with Gasteiger partial charge < -0.3 is 14.2 Å². The van der Waals surface area contributed by atoms with E-state index in [2.05, 4.69) is 15.9 Å². The van der Waals surface area contributed by atoms with Crippen LogP contribution >= 0.6 is 27.5 Å². The van der Waals surface area contributed by atoms with Crippen LogP contribution in [0, 0.1) is 0 Å². The van der Waals surface area contributed by atoms with Gasteiger partial charge in [-0.05, 0) is 25.3 Å². The number of methoxy groups -OCH3 is 2. The molecule has 2 unspecified atom stereocenters. The van der Waals surface area contributed by atoms with Crippen molar-refractivity contribution in [2.75, 3.05) is 14.2 Å². The van der Waals surface area contributed by atoms with E-state index in [1.165, 1.54) is 0 Å². The van der Waals surface area contributed by atoms with Crippen LogP contribution in [0.4, 0.5) is 0 Å². The molecule has 1 fully saturated rings. The van der Waals surface area contributed by atoms with Crippen LogP contribution in [0.25, 0.3) is 0 Å². The summed E-state index contributed by atoms with van der Waals surface area (Å²) in [6.07, 6.45) is 4.67. The fraction of sp³-hybridized carbons (Fsp3) is 0.600. The zero-order valence-corrected chi connectivity index (χ0v) is 14.2. The van der Waals surface area contributed by atoms with Crippen molar-refractivity contribution < 1.29 is 14.2 Å². The van der Waals surface area contributed by atoms with Gasteiger partial charge in [0, 0.05) is 35.5 Å². The maximum Gasteiger partial charge on any atom is 0.165 e. The van der Waals surface area contributed by atoms with E-state index in [9.17, 15) is 0 Å². The highest BCUT2D eigenvalue weighted by Gasteiger charge is 2.25. The first-order chi connectivity index (χ1) is 9.67. The van der Waals surface area contributed by atoms with Crippen LogP contribution in [0.5, 0.6) is 11.5 Å². The van der Waals surface area contributed by atoms with Crippen LogP contribution in [0.3, 0.4) is 0 Å². The van der Waals surface area contributed by atoms with Gasteiger partial charge in [0.15, 0.2) is 11.5 Å². The van der Waals surface area contributed by atoms with Crippen LogP contribution in [-0.4, -0.2) is 26.4 Å². The predicted octanol–water partition coefficient (Wildman–Crippen LogP) is 4.58. The fourth-order valence-corrected chi connectivity index (χ4v) is 3.24. The Balaban J connectivity index is 2.19. The van der Waals surface area contributed by atoms with Crippen molar-refractivity contribution in [1.29, 1.82) is 0 Å². The molecule has 0 amide bonds. The number of ether oxygens (including phenoxy) is 3. The molecule has 20 heavy (non-hydrogen) atoms. The van der Waals surface area contributed by atoms with Gasteiger partial charge in [0.2, 0.25) is 0 Å². The van der Waals surface area contributed by atoms with Crippen molar-refractivity contribution in [3.63, 3.8) is 0 Å². The smallest absolute Gasteiger partial charge is 0.165 e. The van der Waals surface area contributed by atoms with E-state index in [0.29, 0.717) is 22.2 Å². The van der Waals surface area contributed by atoms with E-state index >= 15 is 0 Å². The molecule has 1 aromatic rings. The Bertz CT molecular complexity index is 428. The first-order valence-corrected chi connectivity index (χ1v) is 8.29. The van der Waals surface area contributed by atoms with Crippen molar-refractivity contribution in [2.45, 2.75) is 43.2 Å². The molecule has 3 nitrogen and oxygen atoms in total. The summed E-state index contributed by atoms with van der Waals surface area (Å²) in [5, 5.41) is 1.33. The van der Waals surface area contributed by atoms with E-state index in [4.69, 9.17) is 25.8 Å². The molecular formula is C15H20BrClO3. The third-order valence-electron chi connectivity index (χ3n) is 3.66. The van der Waals surface area contributed by atoms with Gasteiger partial charge in [-0.2, -0.15) is 0 Å². The molecule has 2 rings (SSSR count). The second kappa shape index (κ2) is 7.53. The van der Waals surface area contributed by atoms with E-state index in [0.717, 1.165) is 37.0 Å². The summed E-state index contributed by atoms with van der Waals surface area (Å²) in [7, 11) is 3.40. The first-order valence-electron chi connectivity index (χ1n) is 6.79. The van der Waals surface area contributed by atoms with E-state index in [1.807, 2.05) is 6.07 Å². The topological polar surface area (TPSA) is 27.7 Å². The molecule has 5 heteroatoms. The van der Waals surface area contributed by atoms with Crippen molar-refractivity contribution >= 4 is 27.5 Å². The summed E-state index contributed by atoms with van der Waals surface area (Å²) in [5.41, 5.74) is 1.01. The molecular weight excluding hydrogens is 344 g/mol. The molecule has 0 aromatic heterocycles. The first kappa shape index (κ1) is 15.9. The number of hydrogen-bond donors (Lipinski definition) is 0. The summed E-state index contributed by atoms with van der Waals surface area (Å²) < 4.78 is 17.0. The number of benzene rings is 1. The van der Waals surface area contributed by atoms with Crippen LogP contribution in [0.1, 0.15) is 31.2 Å². The molecule has 112 valence electrons. The molecule has 1 aromatic carbocycles. The molecule has 0 aliphatic heterocycles. The Morgan fingerprint density at radius 1 is 1.25 bits per heavy atom. The summed E-state index contributed by atoms with van der Waals surface area (Å²) in [5.74, 6) is 1.47. The third-order valence-corrected chi connectivity index (χ3v) is 4.48. The predicted molar refractivity (Wildman–Crippen MR) is 84.3 cm³/mol. The van der Waals surface area contributed by atoms with Crippen molar-refractivity contribution in [3.8, 4) is 11.5 Å². The fourth-order valence-electron chi connectivity index (χ4n) is 2.60. The quantitative estimate of drug-likeness (QED) is 0.717. The number of halogens is 2. The standard InChI is InChI=1S/C15H20BrClO3/c1-18-12-4-3-5-13(8-12)20-15-10(9-16)6-11(17)7-14(15)19-2/h6-7,12-13H,3-5,8-9H2,1-2H3. The third kappa shape index (κ3) is 3.80. The highest BCUT2D eigenvalue weighted by Crippen LogP contribution is 2.38. The number of rotatable bonds is 5. The van der Waals surface area contributed by atoms with Gasteiger partial charge in [-0.25, -0.2) is 0 Å². The van der Waals surface area contributed by atoms with E-state index in [-0.39, 0.29) is 6.10 Å². The lowest BCUT2D eigenvalue weighted by molar-refractivity contribution is 0.0199. The Morgan fingerprint density at radius 3 is 2.65 bits per heavy atom. The Hall–Kier alpha value is -0.450. The molecule has 0 spiro atoms. The van der Waals surface area contributed by atoms with Crippen molar-refractivity contribution in [1.82, 2.24) is 0 Å². The van der Waals surface area contributed by atoms with E-state index < -0.39 is 0 Å². The van der Waals surface area contributed by atoms with Gasteiger partial charge in [0.05, 0.1) is 13.2 Å². The molecule has 1 saturated carbocycles. The van der Waals surface area contributed by atoms with Gasteiger partial charge in [0.25, 0.3) is 0 Å². The molecule has 0 saturated heterocycles. The van der Waals surface area contributed by atoms with E-state index in [1.54, 1.807) is 20.3 Å². The van der Waals surface area contributed by atoms with Gasteiger partial charge in [-0.1, -0.05) is 27.5 Å². The Morgan fingerprint density at radius 2 is 2.00 bits per heavy atom. The van der Waals surface area contributed by atoms with Gasteiger partial charge >= 0.3 is 0 Å². The van der Waals surface area contributed by atoms with Crippen LogP contribution in [0.2, 0.25) is 5.02 Å². The molecule has 1 aliphatic carbocycles. The number of alkyl halides is 1. The normalized spacial score (nSPS) is 22.6. The minimum absolute atomic E-state index is 0.168.